The van der Waals surface area contributed by atoms with Gasteiger partial charge in [0.15, 0.2) is 0 Å². The Labute approximate surface area is 173 Å². The van der Waals surface area contributed by atoms with Crippen LogP contribution >= 0.6 is 0 Å². The Morgan fingerprint density at radius 3 is 2.33 bits per heavy atom. The van der Waals surface area contributed by atoms with Gasteiger partial charge in [-0.15, -0.1) is 0 Å². The number of benzene rings is 2. The fourth-order valence-corrected chi connectivity index (χ4v) is 3.18. The average molecular weight is 415 g/mol. The fraction of sp³-hybridized carbons (Fsp3) is 0.318. The van der Waals surface area contributed by atoms with Gasteiger partial charge in [-0.05, 0) is 57.2 Å². The summed E-state index contributed by atoms with van der Waals surface area (Å²) in [6, 6.07) is 9.34. The van der Waals surface area contributed by atoms with Gasteiger partial charge < -0.3 is 15.5 Å². The van der Waals surface area contributed by atoms with E-state index in [0.29, 0.717) is 17.3 Å². The zero-order chi connectivity index (χ0) is 22.1. The van der Waals surface area contributed by atoms with Gasteiger partial charge in [-0.1, -0.05) is 0 Å². The minimum absolute atomic E-state index is 0.000703. The molecule has 0 saturated carbocycles. The van der Waals surface area contributed by atoms with E-state index in [1.54, 1.807) is 24.3 Å². The Morgan fingerprint density at radius 2 is 1.73 bits per heavy atom. The van der Waals surface area contributed by atoms with Gasteiger partial charge in [-0.25, -0.2) is 8.78 Å². The number of carbonyl (C=O) groups is 3. The molecule has 3 amide bonds. The van der Waals surface area contributed by atoms with E-state index in [1.165, 1.54) is 6.07 Å². The highest BCUT2D eigenvalue weighted by atomic mass is 19.1. The third kappa shape index (κ3) is 5.00. The van der Waals surface area contributed by atoms with Crippen molar-refractivity contribution < 1.29 is 23.2 Å². The number of carbonyl (C=O) groups excluding carboxylic acids is 3. The number of halogens is 2. The van der Waals surface area contributed by atoms with Crippen molar-refractivity contribution >= 4 is 29.1 Å². The van der Waals surface area contributed by atoms with Crippen LogP contribution in [0, 0.1) is 17.6 Å². The molecule has 0 radical (unpaired) electrons. The molecule has 158 valence electrons. The highest BCUT2D eigenvalue weighted by Crippen LogP contribution is 2.28. The molecule has 8 heteroatoms. The topological polar surface area (TPSA) is 78.5 Å². The predicted octanol–water partition coefficient (Wildman–Crippen LogP) is 3.48. The van der Waals surface area contributed by atoms with E-state index in [0.717, 1.165) is 11.0 Å². The minimum atomic E-state index is -0.853. The van der Waals surface area contributed by atoms with Crippen molar-refractivity contribution in [2.24, 2.45) is 5.92 Å². The zero-order valence-corrected chi connectivity index (χ0v) is 17.0. The quantitative estimate of drug-likeness (QED) is 0.803. The number of amides is 3. The van der Waals surface area contributed by atoms with Crippen molar-refractivity contribution in [2.75, 3.05) is 16.8 Å². The molecule has 0 aliphatic carbocycles. The Balaban J connectivity index is 1.64. The molecule has 0 aromatic heterocycles. The molecule has 0 bridgehead atoms. The minimum Gasteiger partial charge on any atom is -0.347 e. The highest BCUT2D eigenvalue weighted by molar-refractivity contribution is 6.03. The molecule has 1 aliphatic heterocycles. The largest absolute Gasteiger partial charge is 0.347 e. The highest BCUT2D eigenvalue weighted by Gasteiger charge is 2.36. The predicted molar refractivity (Wildman–Crippen MR) is 109 cm³/mol. The van der Waals surface area contributed by atoms with E-state index in [2.05, 4.69) is 10.6 Å². The van der Waals surface area contributed by atoms with Crippen LogP contribution in [0.3, 0.4) is 0 Å². The average Bonchev–Trinajstić information content (AvgIpc) is 3.02. The lowest BCUT2D eigenvalue weighted by molar-refractivity contribution is -0.122. The summed E-state index contributed by atoms with van der Waals surface area (Å²) >= 11 is 0. The van der Waals surface area contributed by atoms with Gasteiger partial charge in [-0.2, -0.15) is 0 Å². The van der Waals surface area contributed by atoms with Crippen molar-refractivity contribution in [1.82, 2.24) is 5.32 Å². The molecular formula is C22H23F2N3O3. The van der Waals surface area contributed by atoms with Crippen LogP contribution in [0.1, 0.15) is 37.6 Å². The maximum absolute atomic E-state index is 14.0. The van der Waals surface area contributed by atoms with Crippen LogP contribution in [0.15, 0.2) is 42.5 Å². The molecule has 1 unspecified atom stereocenters. The third-order valence-electron chi connectivity index (χ3n) is 4.60. The van der Waals surface area contributed by atoms with Crippen LogP contribution in [0.2, 0.25) is 0 Å². The summed E-state index contributed by atoms with van der Waals surface area (Å²) in [7, 11) is 0. The molecule has 2 aromatic rings. The zero-order valence-electron chi connectivity index (χ0n) is 17.0. The molecule has 2 N–H and O–H groups in total. The van der Waals surface area contributed by atoms with Crippen LogP contribution in [0.25, 0.3) is 0 Å². The first-order chi connectivity index (χ1) is 14.0. The number of anilines is 2. The van der Waals surface area contributed by atoms with E-state index in [9.17, 15) is 23.2 Å². The maximum atomic E-state index is 14.0. The van der Waals surface area contributed by atoms with E-state index in [4.69, 9.17) is 0 Å². The van der Waals surface area contributed by atoms with Crippen molar-refractivity contribution in [3.05, 3.63) is 59.7 Å². The standard InChI is InChI=1S/C22H23F2N3O3/c1-22(2,3)26-21(30)13-4-7-16(8-5-13)25-20(29)14-10-19(28)27(12-14)18-9-6-15(23)11-17(18)24/h4-9,11,14H,10,12H2,1-3H3,(H,25,29)(H,26,30). The summed E-state index contributed by atoms with van der Waals surface area (Å²) < 4.78 is 27.1. The first kappa shape index (κ1) is 21.4. The van der Waals surface area contributed by atoms with E-state index in [1.807, 2.05) is 20.8 Å². The van der Waals surface area contributed by atoms with Crippen molar-refractivity contribution in [2.45, 2.75) is 32.7 Å². The lowest BCUT2D eigenvalue weighted by Gasteiger charge is -2.20. The lowest BCUT2D eigenvalue weighted by atomic mass is 10.1. The van der Waals surface area contributed by atoms with Crippen LogP contribution in [-0.4, -0.2) is 29.8 Å². The second kappa shape index (κ2) is 8.22. The molecule has 2 aromatic carbocycles. The Hall–Kier alpha value is -3.29. The summed E-state index contributed by atoms with van der Waals surface area (Å²) in [5.74, 6) is -3.29. The Kier molecular flexibility index (Phi) is 5.87. The molecule has 1 saturated heterocycles. The van der Waals surface area contributed by atoms with Gasteiger partial charge in [0.05, 0.1) is 11.6 Å². The smallest absolute Gasteiger partial charge is 0.251 e. The normalized spacial score (nSPS) is 16.5. The fourth-order valence-electron chi connectivity index (χ4n) is 3.18. The summed E-state index contributed by atoms with van der Waals surface area (Å²) in [5.41, 5.74) is 0.517. The van der Waals surface area contributed by atoms with Crippen molar-refractivity contribution in [3.63, 3.8) is 0 Å². The van der Waals surface area contributed by atoms with Crippen molar-refractivity contribution in [3.8, 4) is 0 Å². The molecule has 1 fully saturated rings. The van der Waals surface area contributed by atoms with Crippen molar-refractivity contribution in [1.29, 1.82) is 0 Å². The first-order valence-electron chi connectivity index (χ1n) is 9.52. The maximum Gasteiger partial charge on any atom is 0.251 e. The van der Waals surface area contributed by atoms with Gasteiger partial charge in [0.25, 0.3) is 5.91 Å². The molecule has 1 atom stereocenters. The molecule has 30 heavy (non-hydrogen) atoms. The molecule has 3 rings (SSSR count). The summed E-state index contributed by atoms with van der Waals surface area (Å²) in [6.07, 6.45) is -0.0747. The molecule has 1 heterocycles. The molecular weight excluding hydrogens is 392 g/mol. The van der Waals surface area contributed by atoms with Gasteiger partial charge in [0.2, 0.25) is 11.8 Å². The number of nitrogens with zero attached hydrogens (tertiary/aromatic N) is 1. The summed E-state index contributed by atoms with van der Waals surface area (Å²) in [5, 5.41) is 5.56. The van der Waals surface area contributed by atoms with Crippen LogP contribution in [0.5, 0.6) is 0 Å². The second-order valence-corrected chi connectivity index (χ2v) is 8.27. The molecule has 0 spiro atoms. The Bertz CT molecular complexity index is 984. The van der Waals surface area contributed by atoms with Crippen LogP contribution in [0.4, 0.5) is 20.2 Å². The van der Waals surface area contributed by atoms with Gasteiger partial charge in [-0.3, -0.25) is 14.4 Å². The summed E-state index contributed by atoms with van der Waals surface area (Å²) in [4.78, 5) is 38.1. The number of hydrogen-bond donors (Lipinski definition) is 2. The molecule has 6 nitrogen and oxygen atoms in total. The van der Waals surface area contributed by atoms with E-state index in [-0.39, 0.29) is 36.0 Å². The van der Waals surface area contributed by atoms with E-state index >= 15 is 0 Å². The Morgan fingerprint density at radius 1 is 1.07 bits per heavy atom. The lowest BCUT2D eigenvalue weighted by Crippen LogP contribution is -2.40. The van der Waals surface area contributed by atoms with Crippen LogP contribution in [-0.2, 0) is 9.59 Å². The van der Waals surface area contributed by atoms with Gasteiger partial charge >= 0.3 is 0 Å². The number of nitrogens with one attached hydrogen (secondary N) is 2. The summed E-state index contributed by atoms with van der Waals surface area (Å²) in [6.45, 7) is 5.63. The number of hydrogen-bond acceptors (Lipinski definition) is 3. The van der Waals surface area contributed by atoms with E-state index < -0.39 is 23.5 Å². The SMILES string of the molecule is CC(C)(C)NC(=O)c1ccc(NC(=O)C2CC(=O)N(c3ccc(F)cc3F)C2)cc1. The van der Waals surface area contributed by atoms with Gasteiger partial charge in [0.1, 0.15) is 11.6 Å². The second-order valence-electron chi connectivity index (χ2n) is 8.27. The molecule has 1 aliphatic rings. The van der Waals surface area contributed by atoms with Crippen LogP contribution < -0.4 is 15.5 Å². The van der Waals surface area contributed by atoms with Gasteiger partial charge in [0, 0.05) is 35.8 Å². The first-order valence-corrected chi connectivity index (χ1v) is 9.52. The monoisotopic (exact) mass is 415 g/mol. The number of rotatable bonds is 4. The third-order valence-corrected chi connectivity index (χ3v) is 4.60.